The van der Waals surface area contributed by atoms with Crippen LogP contribution < -0.4 is 14.9 Å². The molecule has 3 rings (SSSR count). The lowest BCUT2D eigenvalue weighted by atomic mass is 9.92. The number of benzene rings is 2. The molecule has 0 aliphatic heterocycles. The number of esters is 1. The molecule has 1 atom stereocenters. The Morgan fingerprint density at radius 3 is 2.36 bits per heavy atom. The Labute approximate surface area is 194 Å². The largest absolute Gasteiger partial charge is 0.504 e. The minimum Gasteiger partial charge on any atom is -0.504 e. The van der Waals surface area contributed by atoms with Gasteiger partial charge in [-0.1, -0.05) is 6.07 Å². The molecule has 2 aromatic carbocycles. The lowest BCUT2D eigenvalue weighted by Crippen LogP contribution is -2.14. The van der Waals surface area contributed by atoms with E-state index in [0.29, 0.717) is 17.1 Å². The second kappa shape index (κ2) is 10.8. The monoisotopic (exact) mass is 472 g/mol. The first-order valence-electron chi connectivity index (χ1n) is 9.92. The van der Waals surface area contributed by atoms with Crippen molar-refractivity contribution < 1.29 is 33.6 Å². The van der Waals surface area contributed by atoms with E-state index in [0.717, 1.165) is 10.6 Å². The number of aromatic hydroxyl groups is 2. The number of rotatable bonds is 9. The molecule has 2 N–H and O–H groups in total. The number of ether oxygens (including phenoxy) is 3. The van der Waals surface area contributed by atoms with E-state index >= 15 is 0 Å². The summed E-state index contributed by atoms with van der Waals surface area (Å²) < 4.78 is 20.9. The molecular formula is C24H24O8S. The predicted molar refractivity (Wildman–Crippen MR) is 122 cm³/mol. The van der Waals surface area contributed by atoms with Gasteiger partial charge in [0.2, 0.25) is 11.2 Å². The van der Waals surface area contributed by atoms with Crippen LogP contribution in [0.25, 0.3) is 0 Å². The Bertz CT molecular complexity index is 1170. The van der Waals surface area contributed by atoms with Gasteiger partial charge in [-0.05, 0) is 42.0 Å². The molecule has 0 aliphatic carbocycles. The van der Waals surface area contributed by atoms with Crippen LogP contribution in [0.2, 0.25) is 0 Å². The van der Waals surface area contributed by atoms with E-state index in [9.17, 15) is 19.8 Å². The van der Waals surface area contributed by atoms with Crippen LogP contribution in [0.15, 0.2) is 62.6 Å². The van der Waals surface area contributed by atoms with Crippen LogP contribution in [0.4, 0.5) is 0 Å². The third kappa shape index (κ3) is 5.81. The van der Waals surface area contributed by atoms with Gasteiger partial charge in [0.25, 0.3) is 0 Å². The molecule has 1 heterocycles. The molecule has 3 aromatic rings. The quantitative estimate of drug-likeness (QED) is 0.351. The maximum atomic E-state index is 12.5. The summed E-state index contributed by atoms with van der Waals surface area (Å²) in [6, 6.07) is 13.2. The Morgan fingerprint density at radius 2 is 1.76 bits per heavy atom. The molecule has 33 heavy (non-hydrogen) atoms. The molecule has 8 nitrogen and oxygen atoms in total. The molecule has 0 saturated carbocycles. The van der Waals surface area contributed by atoms with Crippen LogP contribution in [-0.4, -0.2) is 37.5 Å². The van der Waals surface area contributed by atoms with Gasteiger partial charge in [0, 0.05) is 11.0 Å². The Morgan fingerprint density at radius 1 is 1.03 bits per heavy atom. The zero-order chi connectivity index (χ0) is 24.0. The maximum absolute atomic E-state index is 12.5. The molecule has 9 heteroatoms. The third-order valence-electron chi connectivity index (χ3n) is 4.96. The van der Waals surface area contributed by atoms with E-state index in [-0.39, 0.29) is 23.7 Å². The summed E-state index contributed by atoms with van der Waals surface area (Å²) in [5.41, 5.74) is -0.189. The van der Waals surface area contributed by atoms with Crippen molar-refractivity contribution in [1.82, 2.24) is 0 Å². The smallest absolute Gasteiger partial charge is 0.306 e. The van der Waals surface area contributed by atoms with Crippen LogP contribution in [0.1, 0.15) is 29.4 Å². The first-order valence-corrected chi connectivity index (χ1v) is 10.9. The first-order chi connectivity index (χ1) is 15.9. The van der Waals surface area contributed by atoms with Gasteiger partial charge < -0.3 is 28.8 Å². The number of thioether (sulfide) groups is 1. The van der Waals surface area contributed by atoms with Crippen LogP contribution >= 0.6 is 11.8 Å². The second-order valence-electron chi connectivity index (χ2n) is 7.02. The number of hydrogen-bond acceptors (Lipinski definition) is 9. The van der Waals surface area contributed by atoms with Gasteiger partial charge in [-0.25, -0.2) is 0 Å². The van der Waals surface area contributed by atoms with Crippen LogP contribution in [0.3, 0.4) is 0 Å². The van der Waals surface area contributed by atoms with E-state index in [4.69, 9.17) is 18.6 Å². The maximum Gasteiger partial charge on any atom is 0.306 e. The molecule has 0 radical (unpaired) electrons. The fourth-order valence-electron chi connectivity index (χ4n) is 3.22. The summed E-state index contributed by atoms with van der Waals surface area (Å²) in [6.07, 6.45) is -0.214. The summed E-state index contributed by atoms with van der Waals surface area (Å²) in [6.45, 7) is 0. The number of methoxy groups -OCH3 is 3. The fourth-order valence-corrected chi connectivity index (χ4v) is 4.00. The zero-order valence-corrected chi connectivity index (χ0v) is 19.2. The van der Waals surface area contributed by atoms with Crippen LogP contribution in [0, 0.1) is 0 Å². The molecule has 0 spiro atoms. The number of phenolic OH excluding ortho intramolecular Hbond substituents is 1. The van der Waals surface area contributed by atoms with E-state index < -0.39 is 23.1 Å². The van der Waals surface area contributed by atoms with Crippen molar-refractivity contribution in [2.24, 2.45) is 0 Å². The van der Waals surface area contributed by atoms with Gasteiger partial charge in [-0.3, -0.25) is 9.59 Å². The van der Waals surface area contributed by atoms with E-state index in [1.807, 2.05) is 24.3 Å². The van der Waals surface area contributed by atoms with E-state index in [1.165, 1.54) is 44.2 Å². The molecule has 0 unspecified atom stereocenters. The molecule has 0 amide bonds. The van der Waals surface area contributed by atoms with Crippen molar-refractivity contribution in [2.75, 3.05) is 21.3 Å². The molecule has 0 aliphatic rings. The highest BCUT2D eigenvalue weighted by Crippen LogP contribution is 2.38. The van der Waals surface area contributed by atoms with E-state index in [1.54, 1.807) is 13.2 Å². The van der Waals surface area contributed by atoms with Gasteiger partial charge in [0.05, 0.1) is 39.4 Å². The lowest BCUT2D eigenvalue weighted by molar-refractivity contribution is -0.140. The minimum atomic E-state index is -0.868. The lowest BCUT2D eigenvalue weighted by Gasteiger charge is -2.18. The topological polar surface area (TPSA) is 115 Å². The van der Waals surface area contributed by atoms with Crippen molar-refractivity contribution in [1.29, 1.82) is 0 Å². The van der Waals surface area contributed by atoms with Crippen LogP contribution in [0.5, 0.6) is 23.0 Å². The summed E-state index contributed by atoms with van der Waals surface area (Å²) in [5, 5.41) is 20.7. The second-order valence-corrected chi connectivity index (χ2v) is 8.07. The summed E-state index contributed by atoms with van der Waals surface area (Å²) in [7, 11) is 4.24. The standard InChI is InChI=1S/C24H24O8S/c1-29-15-5-7-17(8-6-15)33-13-16-11-20(26)23(28)24(32-16)18(12-22(27)31-3)14-4-9-21(30-2)19(25)10-14/h4-11,18,25,28H,12-13H2,1-3H3/t18-/m0/s1. The average Bonchev–Trinajstić information content (AvgIpc) is 2.83. The number of carbonyl (C=O) groups excluding carboxylic acids is 1. The molecule has 0 fully saturated rings. The Kier molecular flexibility index (Phi) is 7.89. The molecule has 1 aromatic heterocycles. The van der Waals surface area contributed by atoms with Crippen LogP contribution in [-0.2, 0) is 15.3 Å². The number of phenols is 1. The molecule has 174 valence electrons. The highest BCUT2D eigenvalue weighted by atomic mass is 32.2. The molecule has 0 bridgehead atoms. The van der Waals surface area contributed by atoms with Crippen molar-refractivity contribution in [3.63, 3.8) is 0 Å². The zero-order valence-electron chi connectivity index (χ0n) is 18.4. The third-order valence-corrected chi connectivity index (χ3v) is 6.00. The Balaban J connectivity index is 1.96. The number of carbonyl (C=O) groups is 1. The molecular weight excluding hydrogens is 448 g/mol. The average molecular weight is 473 g/mol. The molecule has 0 saturated heterocycles. The Hall–Kier alpha value is -3.59. The van der Waals surface area contributed by atoms with Crippen molar-refractivity contribution in [3.8, 4) is 23.0 Å². The van der Waals surface area contributed by atoms with Crippen molar-refractivity contribution in [3.05, 3.63) is 75.8 Å². The summed E-state index contributed by atoms with van der Waals surface area (Å²) in [4.78, 5) is 25.5. The van der Waals surface area contributed by atoms with Gasteiger partial charge >= 0.3 is 5.97 Å². The normalized spacial score (nSPS) is 11.6. The van der Waals surface area contributed by atoms with Gasteiger partial charge in [-0.2, -0.15) is 0 Å². The van der Waals surface area contributed by atoms with Gasteiger partial charge in [0.1, 0.15) is 11.5 Å². The van der Waals surface area contributed by atoms with Gasteiger partial charge in [0.15, 0.2) is 17.3 Å². The summed E-state index contributed by atoms with van der Waals surface area (Å²) >= 11 is 1.43. The predicted octanol–water partition coefficient (Wildman–Crippen LogP) is 4.06. The SMILES string of the molecule is COC(=O)C[C@@H](c1ccc(OC)c(O)c1)c1oc(CSc2ccc(OC)cc2)cc(=O)c1O. The van der Waals surface area contributed by atoms with Crippen molar-refractivity contribution >= 4 is 17.7 Å². The van der Waals surface area contributed by atoms with Gasteiger partial charge in [-0.15, -0.1) is 11.8 Å². The highest BCUT2D eigenvalue weighted by Gasteiger charge is 2.27. The number of hydrogen-bond donors (Lipinski definition) is 2. The minimum absolute atomic E-state index is 0.0807. The summed E-state index contributed by atoms with van der Waals surface area (Å²) in [5.74, 6) is -0.673. The van der Waals surface area contributed by atoms with E-state index in [2.05, 4.69) is 0 Å². The highest BCUT2D eigenvalue weighted by molar-refractivity contribution is 7.98. The van der Waals surface area contributed by atoms with Crippen molar-refractivity contribution in [2.45, 2.75) is 23.0 Å². The fraction of sp³-hybridized carbons (Fsp3) is 0.250. The first kappa shape index (κ1) is 24.1.